The monoisotopic (exact) mass is 584 g/mol. The van der Waals surface area contributed by atoms with Gasteiger partial charge in [0.1, 0.15) is 24.3 Å². The lowest BCUT2D eigenvalue weighted by atomic mass is 9.95. The van der Waals surface area contributed by atoms with Gasteiger partial charge in [0.15, 0.2) is 5.78 Å². The van der Waals surface area contributed by atoms with Crippen LogP contribution in [0.4, 0.5) is 27.6 Å². The first-order valence-corrected chi connectivity index (χ1v) is 12.2. The van der Waals surface area contributed by atoms with E-state index in [4.69, 9.17) is 0 Å². The minimum absolute atomic E-state index is 0.179. The molecule has 2 aromatic rings. The second kappa shape index (κ2) is 13.8. The Morgan fingerprint density at radius 1 is 0.976 bits per heavy atom. The number of carbonyl (C=O) groups excluding carboxylic acids is 5. The average Bonchev–Trinajstić information content (AvgIpc) is 3.31. The molecule has 220 valence electrons. The number of nitrogens with one attached hydrogen (secondary N) is 4. The Kier molecular flexibility index (Phi) is 10.5. The predicted octanol–water partition coefficient (Wildman–Crippen LogP) is 1.75. The summed E-state index contributed by atoms with van der Waals surface area (Å²) in [6.45, 7) is -1.21. The van der Waals surface area contributed by atoms with Crippen LogP contribution in [-0.2, 0) is 35.1 Å². The van der Waals surface area contributed by atoms with Crippen molar-refractivity contribution < 1.29 is 50.7 Å². The Morgan fingerprint density at radius 2 is 1.71 bits per heavy atom. The number of ketones is 1. The van der Waals surface area contributed by atoms with Crippen LogP contribution in [0.2, 0.25) is 0 Å². The van der Waals surface area contributed by atoms with Crippen LogP contribution >= 0.6 is 0 Å². The lowest BCUT2D eigenvalue weighted by Crippen LogP contribution is -2.55. The van der Waals surface area contributed by atoms with E-state index in [0.717, 1.165) is 18.2 Å². The number of amides is 4. The number of carbonyl (C=O) groups is 5. The molecular weight excluding hydrogens is 559 g/mol. The van der Waals surface area contributed by atoms with Gasteiger partial charge in [0.05, 0.1) is 11.7 Å². The van der Waals surface area contributed by atoms with Crippen molar-refractivity contribution in [3.8, 4) is 0 Å². The van der Waals surface area contributed by atoms with Crippen molar-refractivity contribution in [2.45, 2.75) is 37.7 Å². The highest BCUT2D eigenvalue weighted by Gasteiger charge is 2.36. The van der Waals surface area contributed by atoms with E-state index in [2.05, 4.69) is 20.7 Å². The molecule has 0 bridgehead atoms. The Labute approximate surface area is 230 Å². The minimum atomic E-state index is -5.14. The Balaban J connectivity index is 1.80. The molecule has 3 atom stereocenters. The molecule has 3 rings (SSSR count). The van der Waals surface area contributed by atoms with Crippen LogP contribution in [0.5, 0.6) is 0 Å². The number of hydrogen-bond acceptors (Lipinski definition) is 6. The molecule has 0 saturated carbocycles. The Bertz CT molecular complexity index is 1310. The number of hydrogen-bond donors (Lipinski definition) is 4. The maximum absolute atomic E-state index is 13.9. The van der Waals surface area contributed by atoms with E-state index in [9.17, 15) is 45.9 Å². The van der Waals surface area contributed by atoms with Crippen molar-refractivity contribution in [1.82, 2.24) is 16.0 Å². The summed E-state index contributed by atoms with van der Waals surface area (Å²) in [6, 6.07) is 6.51. The first kappa shape index (κ1) is 31.1. The van der Waals surface area contributed by atoms with Crippen LogP contribution in [0.3, 0.4) is 0 Å². The SMILES string of the molecule is O=C(Nc1ccccc1F)C(=O)N[C@@H](Cc1cccc(F)c1)C(=O)N[C@@H](C[C@@H]1CCNC1=O)C(=O)COC(F)(F)F. The molecule has 0 radical (unpaired) electrons. The average molecular weight is 584 g/mol. The molecule has 10 nitrogen and oxygen atoms in total. The van der Waals surface area contributed by atoms with Crippen LogP contribution < -0.4 is 21.3 Å². The van der Waals surface area contributed by atoms with E-state index in [-0.39, 0.29) is 30.6 Å². The standard InChI is InChI=1S/C26H25F5N4O6/c27-16-5-3-4-14(10-16)11-20(35-25(40)24(39)33-18-7-2-1-6-17(18)28)23(38)34-19(12-15-8-9-32-22(15)37)21(36)13-41-26(29,30)31/h1-7,10,15,19-20H,8-9,11-13H2,(H,32,37)(H,33,39)(H,34,38)(H,35,40)/t15-,19-,20-/m0/s1. The molecule has 1 saturated heterocycles. The van der Waals surface area contributed by atoms with Crippen molar-refractivity contribution in [2.24, 2.45) is 5.92 Å². The van der Waals surface area contributed by atoms with Gasteiger partial charge in [-0.1, -0.05) is 24.3 Å². The number of benzene rings is 2. The third-order valence-electron chi connectivity index (χ3n) is 6.05. The fourth-order valence-corrected chi connectivity index (χ4v) is 4.03. The van der Waals surface area contributed by atoms with Crippen LogP contribution in [0.25, 0.3) is 0 Å². The smallest absolute Gasteiger partial charge is 0.356 e. The second-order valence-corrected chi connectivity index (χ2v) is 9.07. The number of ether oxygens (including phenoxy) is 1. The molecule has 4 amide bonds. The molecule has 0 spiro atoms. The van der Waals surface area contributed by atoms with Gasteiger partial charge in [0, 0.05) is 18.9 Å². The summed E-state index contributed by atoms with van der Waals surface area (Å²) >= 11 is 0. The van der Waals surface area contributed by atoms with Crippen molar-refractivity contribution in [2.75, 3.05) is 18.5 Å². The van der Waals surface area contributed by atoms with Crippen LogP contribution in [-0.4, -0.2) is 61.0 Å². The van der Waals surface area contributed by atoms with Crippen molar-refractivity contribution >= 4 is 35.1 Å². The first-order chi connectivity index (χ1) is 19.3. The normalized spacial score (nSPS) is 16.3. The summed E-state index contributed by atoms with van der Waals surface area (Å²) < 4.78 is 68.9. The van der Waals surface area contributed by atoms with Gasteiger partial charge in [-0.3, -0.25) is 28.7 Å². The van der Waals surface area contributed by atoms with E-state index < -0.39 is 78.4 Å². The summed E-state index contributed by atoms with van der Waals surface area (Å²) in [7, 11) is 0. The largest absolute Gasteiger partial charge is 0.522 e. The lowest BCUT2D eigenvalue weighted by molar-refractivity contribution is -0.321. The molecule has 2 aromatic carbocycles. The van der Waals surface area contributed by atoms with Crippen LogP contribution in [0.1, 0.15) is 18.4 Å². The summed E-state index contributed by atoms with van der Waals surface area (Å²) in [5, 5.41) is 8.88. The summed E-state index contributed by atoms with van der Waals surface area (Å²) in [5.41, 5.74) is -0.151. The fraction of sp³-hybridized carbons (Fsp3) is 0.346. The minimum Gasteiger partial charge on any atom is -0.356 e. The maximum atomic E-state index is 13.9. The van der Waals surface area contributed by atoms with Gasteiger partial charge in [-0.25, -0.2) is 8.78 Å². The van der Waals surface area contributed by atoms with E-state index in [1.165, 1.54) is 30.3 Å². The summed E-state index contributed by atoms with van der Waals surface area (Å²) in [5.74, 6) is -7.89. The zero-order valence-electron chi connectivity index (χ0n) is 21.2. The number of anilines is 1. The van der Waals surface area contributed by atoms with Gasteiger partial charge in [-0.15, -0.1) is 13.2 Å². The molecule has 15 heteroatoms. The molecule has 0 unspecified atom stereocenters. The van der Waals surface area contributed by atoms with E-state index in [1.54, 1.807) is 0 Å². The third kappa shape index (κ3) is 9.63. The van der Waals surface area contributed by atoms with Gasteiger partial charge in [0.25, 0.3) is 0 Å². The second-order valence-electron chi connectivity index (χ2n) is 9.07. The summed E-state index contributed by atoms with van der Waals surface area (Å²) in [4.78, 5) is 62.9. The molecule has 0 aliphatic carbocycles. The van der Waals surface area contributed by atoms with Gasteiger partial charge < -0.3 is 21.3 Å². The van der Waals surface area contributed by atoms with Gasteiger partial charge in [-0.05, 0) is 42.7 Å². The first-order valence-electron chi connectivity index (χ1n) is 12.2. The molecule has 1 aliphatic heterocycles. The molecule has 1 heterocycles. The highest BCUT2D eigenvalue weighted by atomic mass is 19.4. The zero-order chi connectivity index (χ0) is 30.2. The van der Waals surface area contributed by atoms with Crippen LogP contribution in [0.15, 0.2) is 48.5 Å². The molecule has 1 fully saturated rings. The van der Waals surface area contributed by atoms with Gasteiger partial charge >= 0.3 is 18.2 Å². The topological polar surface area (TPSA) is 143 Å². The van der Waals surface area contributed by atoms with Crippen molar-refractivity contribution in [3.63, 3.8) is 0 Å². The van der Waals surface area contributed by atoms with E-state index >= 15 is 0 Å². The van der Waals surface area contributed by atoms with Crippen LogP contribution in [0, 0.1) is 17.6 Å². The third-order valence-corrected chi connectivity index (χ3v) is 6.05. The molecular formula is C26H25F5N4O6. The predicted molar refractivity (Wildman–Crippen MR) is 132 cm³/mol. The van der Waals surface area contributed by atoms with Gasteiger partial charge in [0.2, 0.25) is 11.8 Å². The molecule has 41 heavy (non-hydrogen) atoms. The number of alkyl halides is 3. The Hall–Kier alpha value is -4.40. The van der Waals surface area contributed by atoms with Gasteiger partial charge in [-0.2, -0.15) is 0 Å². The Morgan fingerprint density at radius 3 is 2.34 bits per heavy atom. The quantitative estimate of drug-likeness (QED) is 0.234. The number of para-hydroxylation sites is 1. The number of Topliss-reactive ketones (excluding diaryl/α,β-unsaturated/α-hetero) is 1. The summed E-state index contributed by atoms with van der Waals surface area (Å²) in [6.07, 6.45) is -5.68. The van der Waals surface area contributed by atoms with E-state index in [1.807, 2.05) is 5.32 Å². The highest BCUT2D eigenvalue weighted by Crippen LogP contribution is 2.20. The van der Waals surface area contributed by atoms with E-state index in [0.29, 0.717) is 0 Å². The molecule has 4 N–H and O–H groups in total. The zero-order valence-corrected chi connectivity index (χ0v) is 21.2. The number of halogens is 5. The fourth-order valence-electron chi connectivity index (χ4n) is 4.03. The maximum Gasteiger partial charge on any atom is 0.522 e. The lowest BCUT2D eigenvalue weighted by Gasteiger charge is -2.24. The highest BCUT2D eigenvalue weighted by molar-refractivity contribution is 6.40. The number of rotatable bonds is 11. The van der Waals surface area contributed by atoms with Crippen molar-refractivity contribution in [3.05, 3.63) is 65.7 Å². The van der Waals surface area contributed by atoms with Crippen molar-refractivity contribution in [1.29, 1.82) is 0 Å². The molecule has 1 aliphatic rings. The molecule has 0 aromatic heterocycles.